The van der Waals surface area contributed by atoms with E-state index in [9.17, 15) is 4.79 Å². The normalized spacial score (nSPS) is 30.9. The van der Waals surface area contributed by atoms with Crippen LogP contribution in [0.5, 0.6) is 0 Å². The number of ether oxygens (including phenoxy) is 1. The van der Waals surface area contributed by atoms with Crippen molar-refractivity contribution in [3.8, 4) is 0 Å². The van der Waals surface area contributed by atoms with E-state index in [1.54, 1.807) is 4.90 Å². The van der Waals surface area contributed by atoms with E-state index in [0.717, 1.165) is 13.1 Å². The van der Waals surface area contributed by atoms with Crippen LogP contribution in [0.1, 0.15) is 27.2 Å². The maximum Gasteiger partial charge on any atom is 0.410 e. The summed E-state index contributed by atoms with van der Waals surface area (Å²) in [6.45, 7) is 7.28. The molecule has 3 aliphatic rings. The Morgan fingerprint density at radius 2 is 1.86 bits per heavy atom. The van der Waals surface area contributed by atoms with Gasteiger partial charge in [-0.15, -0.1) is 0 Å². The molecule has 80 valence electrons. The Morgan fingerprint density at radius 3 is 2.29 bits per heavy atom. The van der Waals surface area contributed by atoms with Gasteiger partial charge < -0.3 is 15.0 Å². The van der Waals surface area contributed by atoms with Crippen LogP contribution < -0.4 is 5.32 Å². The zero-order chi connectivity index (χ0) is 10.3. The van der Waals surface area contributed by atoms with Crippen molar-refractivity contribution in [1.82, 2.24) is 10.2 Å². The van der Waals surface area contributed by atoms with Crippen LogP contribution in [-0.2, 0) is 4.74 Å². The molecule has 3 saturated heterocycles. The number of carbonyl (C=O) groups is 1. The Labute approximate surface area is 84.6 Å². The number of amides is 1. The van der Waals surface area contributed by atoms with E-state index >= 15 is 0 Å². The molecule has 0 aliphatic carbocycles. The van der Waals surface area contributed by atoms with Gasteiger partial charge in [-0.3, -0.25) is 0 Å². The highest BCUT2D eigenvalue weighted by molar-refractivity contribution is 5.68. The first-order valence-corrected chi connectivity index (χ1v) is 5.18. The molecule has 0 saturated carbocycles. The van der Waals surface area contributed by atoms with Gasteiger partial charge in [0.1, 0.15) is 5.60 Å². The summed E-state index contributed by atoms with van der Waals surface area (Å²) in [7, 11) is 0. The lowest BCUT2D eigenvalue weighted by molar-refractivity contribution is 0.00109. The van der Waals surface area contributed by atoms with Crippen LogP contribution in [0.4, 0.5) is 4.79 Å². The highest BCUT2D eigenvalue weighted by Gasteiger charge is 2.39. The topological polar surface area (TPSA) is 41.6 Å². The lowest BCUT2D eigenvalue weighted by Crippen LogP contribution is -2.67. The Balaban J connectivity index is 1.86. The van der Waals surface area contributed by atoms with Crippen molar-refractivity contribution in [2.24, 2.45) is 0 Å². The van der Waals surface area contributed by atoms with E-state index in [1.165, 1.54) is 6.42 Å². The predicted octanol–water partition coefficient (Wildman–Crippen LogP) is 0.968. The quantitative estimate of drug-likeness (QED) is 0.630. The van der Waals surface area contributed by atoms with Gasteiger partial charge in [-0.05, 0) is 27.2 Å². The number of piperidine rings is 1. The Bertz CT molecular complexity index is 231. The Morgan fingerprint density at radius 1 is 1.36 bits per heavy atom. The first kappa shape index (κ1) is 9.77. The summed E-state index contributed by atoms with van der Waals surface area (Å²) >= 11 is 0. The maximum absolute atomic E-state index is 11.7. The van der Waals surface area contributed by atoms with Gasteiger partial charge in [-0.2, -0.15) is 0 Å². The minimum absolute atomic E-state index is 0.172. The second kappa shape index (κ2) is 3.12. The van der Waals surface area contributed by atoms with Crippen LogP contribution in [0, 0.1) is 0 Å². The van der Waals surface area contributed by atoms with Crippen LogP contribution in [0.2, 0.25) is 0 Å². The third-order valence-electron chi connectivity index (χ3n) is 2.57. The van der Waals surface area contributed by atoms with Gasteiger partial charge in [-0.25, -0.2) is 4.79 Å². The highest BCUT2D eigenvalue weighted by Crippen LogP contribution is 2.22. The molecule has 2 atom stereocenters. The van der Waals surface area contributed by atoms with Crippen LogP contribution in [0.15, 0.2) is 0 Å². The Hall–Kier alpha value is -0.770. The van der Waals surface area contributed by atoms with E-state index in [1.807, 2.05) is 20.8 Å². The summed E-state index contributed by atoms with van der Waals surface area (Å²) in [5, 5.41) is 3.38. The van der Waals surface area contributed by atoms with E-state index < -0.39 is 0 Å². The van der Waals surface area contributed by atoms with Crippen molar-refractivity contribution in [1.29, 1.82) is 0 Å². The summed E-state index contributed by atoms with van der Waals surface area (Å²) in [4.78, 5) is 13.5. The summed E-state index contributed by atoms with van der Waals surface area (Å²) in [5.41, 5.74) is -0.383. The van der Waals surface area contributed by atoms with Crippen LogP contribution in [0.25, 0.3) is 0 Å². The number of fused-ring (bicyclic) bond motifs is 2. The van der Waals surface area contributed by atoms with Crippen molar-refractivity contribution >= 4 is 6.09 Å². The van der Waals surface area contributed by atoms with Gasteiger partial charge >= 0.3 is 6.09 Å². The number of piperazine rings is 1. The van der Waals surface area contributed by atoms with Crippen molar-refractivity contribution in [3.05, 3.63) is 0 Å². The second-order valence-electron chi connectivity index (χ2n) is 5.18. The summed E-state index contributed by atoms with van der Waals surface area (Å²) in [5.74, 6) is 0. The molecule has 1 amide bonds. The number of carbonyl (C=O) groups excluding carboxylic acids is 1. The molecule has 0 unspecified atom stereocenters. The van der Waals surface area contributed by atoms with E-state index in [4.69, 9.17) is 4.74 Å². The zero-order valence-corrected chi connectivity index (χ0v) is 9.04. The summed E-state index contributed by atoms with van der Waals surface area (Å²) in [6, 6.07) is 1.00. The van der Waals surface area contributed by atoms with Crippen molar-refractivity contribution < 1.29 is 9.53 Å². The molecule has 3 aliphatic heterocycles. The first-order valence-electron chi connectivity index (χ1n) is 5.18. The molecule has 3 fully saturated rings. The second-order valence-corrected chi connectivity index (χ2v) is 5.18. The van der Waals surface area contributed by atoms with Crippen LogP contribution >= 0.6 is 0 Å². The van der Waals surface area contributed by atoms with Gasteiger partial charge in [0.2, 0.25) is 0 Å². The number of hydrogen-bond acceptors (Lipinski definition) is 3. The summed E-state index contributed by atoms with van der Waals surface area (Å²) < 4.78 is 5.31. The van der Waals surface area contributed by atoms with Crippen LogP contribution in [0.3, 0.4) is 0 Å². The molecule has 0 radical (unpaired) electrons. The molecule has 4 heteroatoms. The van der Waals surface area contributed by atoms with Crippen LogP contribution in [-0.4, -0.2) is 41.8 Å². The first-order chi connectivity index (χ1) is 6.44. The molecule has 0 spiro atoms. The smallest absolute Gasteiger partial charge is 0.410 e. The molecule has 3 rings (SSSR count). The third-order valence-corrected chi connectivity index (χ3v) is 2.57. The minimum atomic E-state index is -0.383. The molecule has 3 heterocycles. The molecule has 0 aromatic heterocycles. The fourth-order valence-electron chi connectivity index (χ4n) is 1.99. The number of nitrogens with zero attached hydrogens (tertiary/aromatic N) is 1. The molecule has 4 nitrogen and oxygen atoms in total. The highest BCUT2D eigenvalue weighted by atomic mass is 16.6. The fourth-order valence-corrected chi connectivity index (χ4v) is 1.99. The average Bonchev–Trinajstić information content (AvgIpc) is 2.00. The molecular formula is C10H18N2O2. The molecular weight excluding hydrogens is 180 g/mol. The van der Waals surface area contributed by atoms with Crippen molar-refractivity contribution in [2.45, 2.75) is 44.9 Å². The SMILES string of the molecule is CC(C)(C)OC(=O)N1C[C@H]2C[C@@H](C1)N2. The summed E-state index contributed by atoms with van der Waals surface area (Å²) in [6.07, 6.45) is 1.04. The Kier molecular flexibility index (Phi) is 2.18. The van der Waals surface area contributed by atoms with Gasteiger partial charge in [-0.1, -0.05) is 0 Å². The third kappa shape index (κ3) is 2.00. The molecule has 0 aromatic carbocycles. The molecule has 1 N–H and O–H groups in total. The lowest BCUT2D eigenvalue weighted by Gasteiger charge is -2.48. The lowest BCUT2D eigenvalue weighted by atomic mass is 9.92. The molecule has 14 heavy (non-hydrogen) atoms. The fraction of sp³-hybridized carbons (Fsp3) is 0.900. The average molecular weight is 198 g/mol. The molecule has 0 aromatic rings. The van der Waals surface area contributed by atoms with Crippen molar-refractivity contribution in [3.63, 3.8) is 0 Å². The minimum Gasteiger partial charge on any atom is -0.444 e. The number of rotatable bonds is 0. The maximum atomic E-state index is 11.7. The van der Waals surface area contributed by atoms with Gasteiger partial charge in [0.05, 0.1) is 0 Å². The van der Waals surface area contributed by atoms with E-state index in [0.29, 0.717) is 12.1 Å². The largest absolute Gasteiger partial charge is 0.444 e. The van der Waals surface area contributed by atoms with Crippen molar-refractivity contribution in [2.75, 3.05) is 13.1 Å². The zero-order valence-electron chi connectivity index (χ0n) is 9.04. The van der Waals surface area contributed by atoms with Gasteiger partial charge in [0.25, 0.3) is 0 Å². The van der Waals surface area contributed by atoms with Gasteiger partial charge in [0, 0.05) is 25.2 Å². The standard InChI is InChI=1S/C10H18N2O2/c1-10(2,3)14-9(13)12-5-7-4-8(6-12)11-7/h7-8,11H,4-6H2,1-3H3/t7-,8+. The number of hydrogen-bond donors (Lipinski definition) is 1. The predicted molar refractivity (Wildman–Crippen MR) is 53.1 cm³/mol. The monoisotopic (exact) mass is 198 g/mol. The van der Waals surface area contributed by atoms with E-state index in [2.05, 4.69) is 5.32 Å². The van der Waals surface area contributed by atoms with Gasteiger partial charge in [0.15, 0.2) is 0 Å². The number of nitrogens with one attached hydrogen (secondary N) is 1. The molecule has 2 bridgehead atoms. The van der Waals surface area contributed by atoms with E-state index in [-0.39, 0.29) is 11.7 Å².